The quantitative estimate of drug-likeness (QED) is 0.853. The molecular weight excluding hydrogens is 244 g/mol. The molecule has 0 aliphatic rings. The molecule has 0 spiro atoms. The van der Waals surface area contributed by atoms with E-state index in [0.29, 0.717) is 35.7 Å². The van der Waals surface area contributed by atoms with Gasteiger partial charge in [0.1, 0.15) is 5.56 Å². The van der Waals surface area contributed by atoms with Crippen molar-refractivity contribution in [3.8, 4) is 0 Å². The fourth-order valence-corrected chi connectivity index (χ4v) is 2.21. The lowest BCUT2D eigenvalue weighted by Gasteiger charge is -2.09. The highest BCUT2D eigenvalue weighted by atomic mass is 16.5. The number of esters is 1. The van der Waals surface area contributed by atoms with Gasteiger partial charge in [-0.25, -0.2) is 14.5 Å². The lowest BCUT2D eigenvalue weighted by molar-refractivity contribution is 0.0526. The Balaban J connectivity index is 2.75. The van der Waals surface area contributed by atoms with Gasteiger partial charge in [-0.1, -0.05) is 0 Å². The van der Waals surface area contributed by atoms with E-state index >= 15 is 0 Å². The number of ether oxygens (including phenoxy) is 1. The van der Waals surface area contributed by atoms with Crippen molar-refractivity contribution >= 4 is 22.7 Å². The van der Waals surface area contributed by atoms with Crippen LogP contribution in [0.2, 0.25) is 0 Å². The summed E-state index contributed by atoms with van der Waals surface area (Å²) in [4.78, 5) is 16.4. The van der Waals surface area contributed by atoms with E-state index in [1.807, 2.05) is 13.8 Å². The molecule has 0 atom stereocenters. The van der Waals surface area contributed by atoms with Crippen LogP contribution >= 0.6 is 0 Å². The average Bonchev–Trinajstić information content (AvgIpc) is 2.66. The molecule has 19 heavy (non-hydrogen) atoms. The van der Waals surface area contributed by atoms with Gasteiger partial charge in [0, 0.05) is 6.54 Å². The molecule has 0 bridgehead atoms. The second-order valence-electron chi connectivity index (χ2n) is 4.31. The fraction of sp³-hybridized carbons (Fsp3) is 0.462. The van der Waals surface area contributed by atoms with Gasteiger partial charge in [-0.2, -0.15) is 5.10 Å². The van der Waals surface area contributed by atoms with Gasteiger partial charge in [-0.3, -0.25) is 0 Å². The summed E-state index contributed by atoms with van der Waals surface area (Å²) < 4.78 is 6.81. The zero-order valence-corrected chi connectivity index (χ0v) is 11.6. The second kappa shape index (κ2) is 4.87. The molecule has 0 unspecified atom stereocenters. The summed E-state index contributed by atoms with van der Waals surface area (Å²) in [5.74, 6) is -0.435. The van der Waals surface area contributed by atoms with Crippen LogP contribution < -0.4 is 5.73 Å². The molecule has 0 radical (unpaired) electrons. The van der Waals surface area contributed by atoms with Crippen molar-refractivity contribution in [2.45, 2.75) is 34.2 Å². The maximum atomic E-state index is 11.9. The van der Waals surface area contributed by atoms with Crippen LogP contribution in [0.3, 0.4) is 0 Å². The number of aryl methyl sites for hydroxylation is 3. The molecule has 0 fully saturated rings. The number of rotatable bonds is 3. The molecule has 102 valence electrons. The van der Waals surface area contributed by atoms with E-state index in [1.165, 1.54) is 0 Å². The molecule has 2 rings (SSSR count). The topological polar surface area (TPSA) is 83.0 Å². The van der Waals surface area contributed by atoms with Gasteiger partial charge in [0.2, 0.25) is 0 Å². The highest BCUT2D eigenvalue weighted by molar-refractivity contribution is 6.05. The number of pyridine rings is 1. The number of carbonyl (C=O) groups excluding carboxylic acids is 1. The van der Waals surface area contributed by atoms with E-state index in [4.69, 9.17) is 10.5 Å². The SMILES string of the molecule is CCOC(=O)c1c(C)nc2c(c(C)nn2CC)c1N. The van der Waals surface area contributed by atoms with Crippen LogP contribution in [-0.2, 0) is 11.3 Å². The van der Waals surface area contributed by atoms with E-state index in [-0.39, 0.29) is 0 Å². The van der Waals surface area contributed by atoms with Crippen molar-refractivity contribution in [3.63, 3.8) is 0 Å². The number of nitrogens with zero attached hydrogens (tertiary/aromatic N) is 3. The van der Waals surface area contributed by atoms with E-state index in [2.05, 4.69) is 10.1 Å². The number of nitrogen functional groups attached to an aromatic ring is 1. The van der Waals surface area contributed by atoms with Crippen LogP contribution in [0.4, 0.5) is 5.69 Å². The molecular formula is C13H18N4O2. The zero-order chi connectivity index (χ0) is 14.2. The van der Waals surface area contributed by atoms with Crippen molar-refractivity contribution in [3.05, 3.63) is 17.0 Å². The van der Waals surface area contributed by atoms with Crippen molar-refractivity contribution in [2.24, 2.45) is 0 Å². The van der Waals surface area contributed by atoms with Crippen LogP contribution in [0.1, 0.15) is 35.6 Å². The second-order valence-corrected chi connectivity index (χ2v) is 4.31. The Morgan fingerprint density at radius 2 is 2.00 bits per heavy atom. The van der Waals surface area contributed by atoms with Crippen LogP contribution in [0.25, 0.3) is 11.0 Å². The zero-order valence-electron chi connectivity index (χ0n) is 11.6. The minimum Gasteiger partial charge on any atom is -0.462 e. The maximum Gasteiger partial charge on any atom is 0.342 e. The summed E-state index contributed by atoms with van der Waals surface area (Å²) in [5.41, 5.74) is 8.92. The first-order chi connectivity index (χ1) is 9.01. The fourth-order valence-electron chi connectivity index (χ4n) is 2.21. The maximum absolute atomic E-state index is 11.9. The van der Waals surface area contributed by atoms with Gasteiger partial charge >= 0.3 is 5.97 Å². The molecule has 0 saturated carbocycles. The Labute approximate surface area is 111 Å². The molecule has 0 aliphatic heterocycles. The lowest BCUT2D eigenvalue weighted by atomic mass is 10.1. The molecule has 0 amide bonds. The molecule has 0 saturated heterocycles. The monoisotopic (exact) mass is 262 g/mol. The van der Waals surface area contributed by atoms with Crippen molar-refractivity contribution in [1.82, 2.24) is 14.8 Å². The van der Waals surface area contributed by atoms with Crippen molar-refractivity contribution in [2.75, 3.05) is 12.3 Å². The molecule has 2 aromatic heterocycles. The smallest absolute Gasteiger partial charge is 0.342 e. The molecule has 2 N–H and O–H groups in total. The standard InChI is InChI=1S/C13H18N4O2/c1-5-17-12-9(8(4)16-17)11(14)10(7(3)15-12)13(18)19-6-2/h5-6H2,1-4H3,(H2,14,15). The van der Waals surface area contributed by atoms with Crippen LogP contribution in [0, 0.1) is 13.8 Å². The molecule has 2 heterocycles. The number of anilines is 1. The highest BCUT2D eigenvalue weighted by Crippen LogP contribution is 2.28. The predicted molar refractivity (Wildman–Crippen MR) is 73.0 cm³/mol. The van der Waals surface area contributed by atoms with E-state index in [0.717, 1.165) is 11.1 Å². The number of carbonyl (C=O) groups is 1. The van der Waals surface area contributed by atoms with Gasteiger partial charge in [0.25, 0.3) is 0 Å². The molecule has 2 aromatic rings. The normalized spacial score (nSPS) is 10.9. The Kier molecular flexibility index (Phi) is 3.42. The van der Waals surface area contributed by atoms with Gasteiger partial charge in [0.15, 0.2) is 5.65 Å². The number of hydrogen-bond acceptors (Lipinski definition) is 5. The van der Waals surface area contributed by atoms with Gasteiger partial charge < -0.3 is 10.5 Å². The average molecular weight is 262 g/mol. The van der Waals surface area contributed by atoms with E-state index in [9.17, 15) is 4.79 Å². The Morgan fingerprint density at radius 3 is 2.58 bits per heavy atom. The Morgan fingerprint density at radius 1 is 1.32 bits per heavy atom. The van der Waals surface area contributed by atoms with Crippen molar-refractivity contribution in [1.29, 1.82) is 0 Å². The van der Waals surface area contributed by atoms with Crippen molar-refractivity contribution < 1.29 is 9.53 Å². The van der Waals surface area contributed by atoms with Crippen LogP contribution in [0.15, 0.2) is 0 Å². The number of fused-ring (bicyclic) bond motifs is 1. The number of nitrogens with two attached hydrogens (primary N) is 1. The summed E-state index contributed by atoms with van der Waals surface area (Å²) >= 11 is 0. The minimum atomic E-state index is -0.435. The first-order valence-electron chi connectivity index (χ1n) is 6.31. The summed E-state index contributed by atoms with van der Waals surface area (Å²) in [5, 5.41) is 5.11. The molecule has 0 aliphatic carbocycles. The van der Waals surface area contributed by atoms with Crippen LogP contribution in [-0.4, -0.2) is 27.3 Å². The third-order valence-corrected chi connectivity index (χ3v) is 3.05. The van der Waals surface area contributed by atoms with Gasteiger partial charge in [0.05, 0.1) is 29.1 Å². The summed E-state index contributed by atoms with van der Waals surface area (Å²) in [6, 6.07) is 0. The number of aromatic nitrogens is 3. The van der Waals surface area contributed by atoms with Crippen LogP contribution in [0.5, 0.6) is 0 Å². The largest absolute Gasteiger partial charge is 0.462 e. The molecule has 6 heteroatoms. The third-order valence-electron chi connectivity index (χ3n) is 3.05. The first kappa shape index (κ1) is 13.3. The lowest BCUT2D eigenvalue weighted by Crippen LogP contribution is -2.12. The summed E-state index contributed by atoms with van der Waals surface area (Å²) in [6.07, 6.45) is 0. The molecule has 0 aromatic carbocycles. The van der Waals surface area contributed by atoms with E-state index in [1.54, 1.807) is 18.5 Å². The molecule has 6 nitrogen and oxygen atoms in total. The summed E-state index contributed by atoms with van der Waals surface area (Å²) in [7, 11) is 0. The van der Waals surface area contributed by atoms with E-state index < -0.39 is 5.97 Å². The summed E-state index contributed by atoms with van der Waals surface area (Å²) in [6.45, 7) is 8.37. The highest BCUT2D eigenvalue weighted by Gasteiger charge is 2.21. The first-order valence-corrected chi connectivity index (χ1v) is 6.31. The van der Waals surface area contributed by atoms with Gasteiger partial charge in [-0.05, 0) is 27.7 Å². The third kappa shape index (κ3) is 2.03. The minimum absolute atomic E-state index is 0.308. The predicted octanol–water partition coefficient (Wildman–Crippen LogP) is 1.83. The Hall–Kier alpha value is -2.11. The Bertz CT molecular complexity index is 646. The van der Waals surface area contributed by atoms with Gasteiger partial charge in [-0.15, -0.1) is 0 Å². The number of hydrogen-bond donors (Lipinski definition) is 1.